The van der Waals surface area contributed by atoms with Gasteiger partial charge in [0, 0.05) is 22.9 Å². The van der Waals surface area contributed by atoms with Crippen LogP contribution in [0.1, 0.15) is 13.8 Å². The second-order valence-electron chi connectivity index (χ2n) is 1.67. The molecule has 0 fully saturated rings. The summed E-state index contributed by atoms with van der Waals surface area (Å²) in [6.45, 7) is 3.25. The van der Waals surface area contributed by atoms with Crippen LogP contribution in [0, 0.1) is 0 Å². The standard InChI is InChI=1S/C3H8INO2S/c1-3(2)8(6,7)5-4/h3,5H,1-2H3. The van der Waals surface area contributed by atoms with Crippen molar-refractivity contribution in [2.45, 2.75) is 19.1 Å². The lowest BCUT2D eigenvalue weighted by molar-refractivity contribution is 0.587. The Labute approximate surface area is 63.4 Å². The van der Waals surface area contributed by atoms with Crippen LogP contribution in [0.3, 0.4) is 0 Å². The average molecular weight is 249 g/mol. The normalized spacial score (nSPS) is 12.5. The van der Waals surface area contributed by atoms with Crippen molar-refractivity contribution < 1.29 is 8.42 Å². The highest BCUT2D eigenvalue weighted by Gasteiger charge is 2.11. The molecule has 0 saturated heterocycles. The van der Waals surface area contributed by atoms with E-state index in [4.69, 9.17) is 0 Å². The Bertz CT molecular complexity index is 151. The first-order valence-corrected chi connectivity index (χ1v) is 4.74. The molecule has 50 valence electrons. The minimum absolute atomic E-state index is 0.334. The Morgan fingerprint density at radius 2 is 1.88 bits per heavy atom. The molecule has 0 atom stereocenters. The fourth-order valence-corrected chi connectivity index (χ4v) is 1.79. The zero-order chi connectivity index (χ0) is 6.78. The van der Waals surface area contributed by atoms with E-state index in [9.17, 15) is 8.42 Å². The first-order chi connectivity index (χ1) is 3.50. The monoisotopic (exact) mass is 249 g/mol. The number of halogens is 1. The predicted molar refractivity (Wildman–Crippen MR) is 41.2 cm³/mol. The third-order valence-electron chi connectivity index (χ3n) is 0.728. The highest BCUT2D eigenvalue weighted by Crippen LogP contribution is 1.96. The maximum absolute atomic E-state index is 10.6. The van der Waals surface area contributed by atoms with Crippen LogP contribution >= 0.6 is 22.9 Å². The molecule has 0 radical (unpaired) electrons. The van der Waals surface area contributed by atoms with Crippen molar-refractivity contribution in [3.8, 4) is 0 Å². The number of nitrogens with one attached hydrogen (secondary N) is 1. The van der Waals surface area contributed by atoms with E-state index in [-0.39, 0.29) is 5.25 Å². The molecule has 8 heavy (non-hydrogen) atoms. The summed E-state index contributed by atoms with van der Waals surface area (Å²) in [5.74, 6) is 0. The maximum Gasteiger partial charge on any atom is 0.222 e. The Morgan fingerprint density at radius 3 is 1.88 bits per heavy atom. The van der Waals surface area contributed by atoms with E-state index in [1.807, 2.05) is 0 Å². The van der Waals surface area contributed by atoms with Crippen molar-refractivity contribution in [2.75, 3.05) is 0 Å². The topological polar surface area (TPSA) is 46.2 Å². The molecule has 0 aromatic rings. The zero-order valence-electron chi connectivity index (χ0n) is 4.68. The lowest BCUT2D eigenvalue weighted by Gasteiger charge is -2.01. The van der Waals surface area contributed by atoms with Crippen molar-refractivity contribution >= 4 is 32.9 Å². The molecule has 0 heterocycles. The SMILES string of the molecule is CC(C)S(=O)(=O)NI. The molecule has 0 saturated carbocycles. The van der Waals surface area contributed by atoms with Gasteiger partial charge in [0.25, 0.3) is 0 Å². The van der Waals surface area contributed by atoms with Crippen molar-refractivity contribution in [2.24, 2.45) is 0 Å². The molecule has 0 aliphatic heterocycles. The summed E-state index contributed by atoms with van der Waals surface area (Å²) in [4.78, 5) is 0. The largest absolute Gasteiger partial charge is 0.222 e. The highest BCUT2D eigenvalue weighted by atomic mass is 127. The Hall–Kier alpha value is 0.640. The van der Waals surface area contributed by atoms with E-state index in [0.717, 1.165) is 0 Å². The molecule has 5 heteroatoms. The van der Waals surface area contributed by atoms with Gasteiger partial charge in [0.2, 0.25) is 10.0 Å². The van der Waals surface area contributed by atoms with Crippen LogP contribution in [-0.4, -0.2) is 13.7 Å². The van der Waals surface area contributed by atoms with E-state index in [1.165, 1.54) is 0 Å². The van der Waals surface area contributed by atoms with Gasteiger partial charge in [0.15, 0.2) is 0 Å². The first kappa shape index (κ1) is 8.64. The summed E-state index contributed by atoms with van der Waals surface area (Å²) in [6, 6.07) is 0. The minimum Gasteiger partial charge on any atom is -0.211 e. The van der Waals surface area contributed by atoms with Crippen LogP contribution in [-0.2, 0) is 10.0 Å². The molecular weight excluding hydrogens is 241 g/mol. The highest BCUT2D eigenvalue weighted by molar-refractivity contribution is 14.1. The summed E-state index contributed by atoms with van der Waals surface area (Å²) in [5, 5.41) is -0.334. The summed E-state index contributed by atoms with van der Waals surface area (Å²) >= 11 is 1.61. The van der Waals surface area contributed by atoms with Gasteiger partial charge in [0.1, 0.15) is 0 Å². The van der Waals surface area contributed by atoms with E-state index < -0.39 is 10.0 Å². The fourth-order valence-electron chi connectivity index (χ4n) is 0.0891. The average Bonchev–Trinajstić information content (AvgIpc) is 1.67. The van der Waals surface area contributed by atoms with Crippen molar-refractivity contribution in [3.63, 3.8) is 0 Å². The Morgan fingerprint density at radius 1 is 1.50 bits per heavy atom. The fraction of sp³-hybridized carbons (Fsp3) is 1.00. The second-order valence-corrected chi connectivity index (χ2v) is 5.18. The summed E-state index contributed by atoms with van der Waals surface area (Å²) in [7, 11) is -3.00. The second kappa shape index (κ2) is 2.98. The summed E-state index contributed by atoms with van der Waals surface area (Å²) < 4.78 is 23.3. The molecule has 1 N–H and O–H groups in total. The van der Waals surface area contributed by atoms with Gasteiger partial charge >= 0.3 is 0 Å². The lowest BCUT2D eigenvalue weighted by atomic mass is 10.6. The van der Waals surface area contributed by atoms with E-state index in [2.05, 4.69) is 2.94 Å². The molecule has 0 bridgehead atoms. The van der Waals surface area contributed by atoms with Gasteiger partial charge in [-0.05, 0) is 13.8 Å². The van der Waals surface area contributed by atoms with Crippen LogP contribution in [0.15, 0.2) is 0 Å². The van der Waals surface area contributed by atoms with Crippen LogP contribution in [0.25, 0.3) is 0 Å². The minimum atomic E-state index is -3.00. The molecule has 0 aliphatic carbocycles. The number of sulfonamides is 1. The van der Waals surface area contributed by atoms with Crippen LogP contribution < -0.4 is 2.94 Å². The predicted octanol–water partition coefficient (Wildman–Crippen LogP) is 0.664. The summed E-state index contributed by atoms with van der Waals surface area (Å²) in [6.07, 6.45) is 0. The van der Waals surface area contributed by atoms with Crippen LogP contribution in [0.4, 0.5) is 0 Å². The van der Waals surface area contributed by atoms with Crippen LogP contribution in [0.5, 0.6) is 0 Å². The van der Waals surface area contributed by atoms with Crippen molar-refractivity contribution in [1.82, 2.24) is 2.94 Å². The van der Waals surface area contributed by atoms with E-state index >= 15 is 0 Å². The smallest absolute Gasteiger partial charge is 0.211 e. The first-order valence-electron chi connectivity index (χ1n) is 2.12. The molecule has 0 spiro atoms. The molecular formula is C3H8INO2S. The summed E-state index contributed by atoms with van der Waals surface area (Å²) in [5.41, 5.74) is 0. The van der Waals surface area contributed by atoms with E-state index in [0.29, 0.717) is 0 Å². The molecule has 0 unspecified atom stereocenters. The number of hydrogen-bond donors (Lipinski definition) is 1. The Kier molecular flexibility index (Phi) is 3.21. The van der Waals surface area contributed by atoms with Gasteiger partial charge in [0.05, 0.1) is 5.25 Å². The number of hydrogen-bond acceptors (Lipinski definition) is 2. The Balaban J connectivity index is 4.17. The van der Waals surface area contributed by atoms with Gasteiger partial charge in [-0.15, -0.1) is 0 Å². The van der Waals surface area contributed by atoms with E-state index in [1.54, 1.807) is 36.7 Å². The molecule has 0 aromatic carbocycles. The quantitative estimate of drug-likeness (QED) is 0.577. The third kappa shape index (κ3) is 2.27. The van der Waals surface area contributed by atoms with Gasteiger partial charge in [-0.3, -0.25) is 0 Å². The zero-order valence-corrected chi connectivity index (χ0v) is 7.65. The van der Waals surface area contributed by atoms with Gasteiger partial charge in [-0.25, -0.2) is 8.42 Å². The van der Waals surface area contributed by atoms with Crippen molar-refractivity contribution in [3.05, 3.63) is 0 Å². The van der Waals surface area contributed by atoms with Crippen LogP contribution in [0.2, 0.25) is 0 Å². The van der Waals surface area contributed by atoms with Gasteiger partial charge in [-0.2, -0.15) is 2.94 Å². The van der Waals surface area contributed by atoms with Crippen molar-refractivity contribution in [1.29, 1.82) is 0 Å². The van der Waals surface area contributed by atoms with Gasteiger partial charge in [-0.1, -0.05) is 0 Å². The van der Waals surface area contributed by atoms with Gasteiger partial charge < -0.3 is 0 Å². The third-order valence-corrected chi connectivity index (χ3v) is 4.03. The number of rotatable bonds is 2. The lowest BCUT2D eigenvalue weighted by Crippen LogP contribution is -2.22. The maximum atomic E-state index is 10.6. The molecule has 3 nitrogen and oxygen atoms in total. The molecule has 0 amide bonds. The molecule has 0 rings (SSSR count). The molecule has 0 aromatic heterocycles. The molecule has 0 aliphatic rings.